The van der Waals surface area contributed by atoms with E-state index in [-0.39, 0.29) is 11.9 Å². The van der Waals surface area contributed by atoms with Crippen LogP contribution >= 0.6 is 21.6 Å². The summed E-state index contributed by atoms with van der Waals surface area (Å²) in [5.41, 5.74) is 2.76. The zero-order chi connectivity index (χ0) is 23.1. The SMILES string of the molecule is CC.[B]N(C)c1ccc(C(=O)OCCSSCCOC(=O)c2ccc(NC)cc2)cc1. The fraction of sp³-hybridized carbons (Fsp3) is 0.364. The lowest BCUT2D eigenvalue weighted by Gasteiger charge is -2.13. The fourth-order valence-corrected chi connectivity index (χ4v) is 3.88. The molecule has 6 nitrogen and oxygen atoms in total. The number of ether oxygens (including phenoxy) is 2. The fourth-order valence-electron chi connectivity index (χ4n) is 2.23. The highest BCUT2D eigenvalue weighted by Crippen LogP contribution is 2.21. The van der Waals surface area contributed by atoms with Gasteiger partial charge in [-0.2, -0.15) is 0 Å². The lowest BCUT2D eigenvalue weighted by molar-refractivity contribution is 0.0520. The normalized spacial score (nSPS) is 9.81. The topological polar surface area (TPSA) is 67.9 Å². The Hall–Kier alpha value is -2.26. The summed E-state index contributed by atoms with van der Waals surface area (Å²) in [6, 6.07) is 14.0. The van der Waals surface area contributed by atoms with Crippen molar-refractivity contribution in [1.82, 2.24) is 0 Å². The average Bonchev–Trinajstić information content (AvgIpc) is 2.81. The van der Waals surface area contributed by atoms with E-state index in [1.54, 1.807) is 65.0 Å². The second-order valence-electron chi connectivity index (χ2n) is 5.90. The van der Waals surface area contributed by atoms with Crippen molar-refractivity contribution >= 4 is 52.9 Å². The highest BCUT2D eigenvalue weighted by molar-refractivity contribution is 8.76. The summed E-state index contributed by atoms with van der Waals surface area (Å²) in [4.78, 5) is 25.4. The first-order valence-corrected chi connectivity index (χ1v) is 12.4. The van der Waals surface area contributed by atoms with E-state index in [2.05, 4.69) is 5.32 Å². The van der Waals surface area contributed by atoms with Crippen molar-refractivity contribution in [3.8, 4) is 0 Å². The molecule has 0 aliphatic rings. The first-order valence-electron chi connectivity index (χ1n) is 9.96. The van der Waals surface area contributed by atoms with Crippen molar-refractivity contribution in [2.75, 3.05) is 48.9 Å². The Bertz CT molecular complexity index is 787. The lowest BCUT2D eigenvalue weighted by Crippen LogP contribution is -2.12. The van der Waals surface area contributed by atoms with Gasteiger partial charge in [-0.3, -0.25) is 0 Å². The van der Waals surface area contributed by atoms with Crippen LogP contribution in [0.2, 0.25) is 0 Å². The minimum Gasteiger partial charge on any atom is -0.461 e. The Labute approximate surface area is 194 Å². The molecule has 0 saturated heterocycles. The van der Waals surface area contributed by atoms with E-state index >= 15 is 0 Å². The van der Waals surface area contributed by atoms with Crippen molar-refractivity contribution in [2.24, 2.45) is 0 Å². The van der Waals surface area contributed by atoms with Crippen LogP contribution in [-0.4, -0.2) is 58.7 Å². The Morgan fingerprint density at radius 1 is 0.871 bits per heavy atom. The van der Waals surface area contributed by atoms with Gasteiger partial charge in [0.2, 0.25) is 7.98 Å². The molecule has 0 atom stereocenters. The number of esters is 2. The van der Waals surface area contributed by atoms with Gasteiger partial charge in [0.05, 0.1) is 11.1 Å². The minimum atomic E-state index is -0.361. The van der Waals surface area contributed by atoms with Gasteiger partial charge < -0.3 is 19.6 Å². The molecule has 2 rings (SSSR count). The van der Waals surface area contributed by atoms with Crippen molar-refractivity contribution in [2.45, 2.75) is 13.8 Å². The molecule has 0 spiro atoms. The summed E-state index contributed by atoms with van der Waals surface area (Å²) in [5.74, 6) is 0.617. The van der Waals surface area contributed by atoms with Crippen LogP contribution in [0, 0.1) is 0 Å². The molecule has 0 saturated carbocycles. The van der Waals surface area contributed by atoms with Gasteiger partial charge in [0.25, 0.3) is 0 Å². The molecule has 0 aromatic heterocycles. The van der Waals surface area contributed by atoms with Crippen LogP contribution < -0.4 is 10.1 Å². The molecule has 0 aliphatic carbocycles. The standard InChI is InChI=1S/C20H23BN2O4S2.C2H6/c1-22-17-7-3-15(4-8-17)19(24)26-11-13-28-29-14-12-27-20(25)16-5-9-18(10-6-16)23(2)21;1-2/h3-10,22H,11-14H2,1-2H3;1-2H3. The monoisotopic (exact) mass is 460 g/mol. The van der Waals surface area contributed by atoms with Crippen LogP contribution in [0.25, 0.3) is 0 Å². The van der Waals surface area contributed by atoms with Crippen LogP contribution in [0.5, 0.6) is 0 Å². The maximum atomic E-state index is 12.0. The van der Waals surface area contributed by atoms with E-state index < -0.39 is 0 Å². The molecule has 2 radical (unpaired) electrons. The van der Waals surface area contributed by atoms with Crippen molar-refractivity contribution in [3.63, 3.8) is 0 Å². The number of carbonyl (C=O) groups excluding carboxylic acids is 2. The first kappa shape index (κ1) is 26.8. The van der Waals surface area contributed by atoms with E-state index in [0.29, 0.717) is 35.8 Å². The summed E-state index contributed by atoms with van der Waals surface area (Å²) >= 11 is 0. The molecule has 9 heteroatoms. The number of carbonyl (C=O) groups is 2. The number of nitrogens with zero attached hydrogens (tertiary/aromatic N) is 1. The second kappa shape index (κ2) is 15.5. The Balaban J connectivity index is 0.00000233. The van der Waals surface area contributed by atoms with Gasteiger partial charge in [-0.15, -0.1) is 0 Å². The maximum absolute atomic E-state index is 12.0. The third kappa shape index (κ3) is 10.1. The number of nitrogens with one attached hydrogen (secondary N) is 1. The van der Waals surface area contributed by atoms with Crippen LogP contribution in [0.15, 0.2) is 48.5 Å². The van der Waals surface area contributed by atoms with Gasteiger partial charge >= 0.3 is 11.9 Å². The highest BCUT2D eigenvalue weighted by Gasteiger charge is 2.08. The molecule has 0 unspecified atom stereocenters. The summed E-state index contributed by atoms with van der Waals surface area (Å²) in [7, 11) is 12.3. The molecule has 0 aliphatic heterocycles. The molecule has 0 heterocycles. The Morgan fingerprint density at radius 3 is 1.68 bits per heavy atom. The van der Waals surface area contributed by atoms with Crippen LogP contribution in [0.4, 0.5) is 11.4 Å². The smallest absolute Gasteiger partial charge is 0.338 e. The van der Waals surface area contributed by atoms with E-state index in [4.69, 9.17) is 17.5 Å². The summed E-state index contributed by atoms with van der Waals surface area (Å²) in [6.45, 7) is 4.64. The quantitative estimate of drug-likeness (QED) is 0.225. The predicted octanol–water partition coefficient (Wildman–Crippen LogP) is 4.67. The van der Waals surface area contributed by atoms with Gasteiger partial charge in [0, 0.05) is 29.9 Å². The molecular weight excluding hydrogens is 431 g/mol. The number of rotatable bonds is 11. The first-order chi connectivity index (χ1) is 15.0. The van der Waals surface area contributed by atoms with Crippen molar-refractivity contribution in [1.29, 1.82) is 0 Å². The van der Waals surface area contributed by atoms with Crippen LogP contribution in [-0.2, 0) is 9.47 Å². The number of hydrogen-bond donors (Lipinski definition) is 1. The molecule has 2 aromatic rings. The zero-order valence-corrected chi connectivity index (χ0v) is 20.1. The number of benzene rings is 2. The minimum absolute atomic E-state index is 0.312. The molecular formula is C22H29BN2O4S2. The van der Waals surface area contributed by atoms with E-state index in [9.17, 15) is 9.59 Å². The van der Waals surface area contributed by atoms with Crippen LogP contribution in [0.3, 0.4) is 0 Å². The molecule has 0 amide bonds. The summed E-state index contributed by atoms with van der Waals surface area (Å²) in [5, 5.41) is 3.00. The third-order valence-corrected chi connectivity index (χ3v) is 6.14. The number of anilines is 2. The second-order valence-corrected chi connectivity index (χ2v) is 8.60. The van der Waals surface area contributed by atoms with Gasteiger partial charge in [-0.05, 0) is 55.6 Å². The van der Waals surface area contributed by atoms with Crippen LogP contribution in [0.1, 0.15) is 34.6 Å². The third-order valence-electron chi connectivity index (χ3n) is 3.80. The molecule has 166 valence electrons. The van der Waals surface area contributed by atoms with Gasteiger partial charge in [0.15, 0.2) is 0 Å². The predicted molar refractivity (Wildman–Crippen MR) is 133 cm³/mol. The molecule has 0 bridgehead atoms. The van der Waals surface area contributed by atoms with E-state index in [1.165, 1.54) is 4.81 Å². The van der Waals surface area contributed by atoms with Gasteiger partial charge in [-0.1, -0.05) is 35.4 Å². The van der Waals surface area contributed by atoms with E-state index in [0.717, 1.165) is 11.4 Å². The Kier molecular flexibility index (Phi) is 13.4. The lowest BCUT2D eigenvalue weighted by atomic mass is 10.1. The largest absolute Gasteiger partial charge is 0.461 e. The molecule has 31 heavy (non-hydrogen) atoms. The summed E-state index contributed by atoms with van der Waals surface area (Å²) in [6.07, 6.45) is 0. The van der Waals surface area contributed by atoms with Gasteiger partial charge in [-0.25, -0.2) is 9.59 Å². The molecule has 2 aromatic carbocycles. The Morgan fingerprint density at radius 2 is 1.29 bits per heavy atom. The zero-order valence-electron chi connectivity index (χ0n) is 18.4. The van der Waals surface area contributed by atoms with Crippen molar-refractivity contribution < 1.29 is 19.1 Å². The maximum Gasteiger partial charge on any atom is 0.338 e. The summed E-state index contributed by atoms with van der Waals surface area (Å²) < 4.78 is 10.5. The van der Waals surface area contributed by atoms with E-state index in [1.807, 2.05) is 33.0 Å². The van der Waals surface area contributed by atoms with Crippen molar-refractivity contribution in [3.05, 3.63) is 59.7 Å². The number of hydrogen-bond acceptors (Lipinski definition) is 8. The molecule has 0 fully saturated rings. The highest BCUT2D eigenvalue weighted by atomic mass is 33.1. The molecule has 1 N–H and O–H groups in total. The average molecular weight is 460 g/mol. The van der Waals surface area contributed by atoms with Gasteiger partial charge in [0.1, 0.15) is 13.2 Å².